The summed E-state index contributed by atoms with van der Waals surface area (Å²) in [6.07, 6.45) is 2.45. The molecule has 1 aromatic rings. The first-order valence-electron chi connectivity index (χ1n) is 5.66. The highest BCUT2D eigenvalue weighted by Crippen LogP contribution is 2.02. The van der Waals surface area contributed by atoms with Gasteiger partial charge in [-0.15, -0.1) is 0 Å². The highest BCUT2D eigenvalue weighted by Gasteiger charge is 2.13. The summed E-state index contributed by atoms with van der Waals surface area (Å²) in [5.74, 6) is -0.855. The number of benzene rings is 1. The molecule has 98 valence electrons. The Morgan fingerprint density at radius 3 is 2.56 bits per heavy atom. The molecule has 1 N–H and O–H groups in total. The van der Waals surface area contributed by atoms with Gasteiger partial charge in [-0.1, -0.05) is 30.3 Å². The average Bonchev–Trinajstić information content (AvgIpc) is 2.35. The first kappa shape index (κ1) is 14.6. The van der Waals surface area contributed by atoms with Gasteiger partial charge in [-0.3, -0.25) is 4.79 Å². The van der Waals surface area contributed by atoms with Gasteiger partial charge in [-0.2, -0.15) is 11.8 Å². The van der Waals surface area contributed by atoms with E-state index in [1.807, 2.05) is 36.6 Å². The van der Waals surface area contributed by atoms with Gasteiger partial charge in [0, 0.05) is 0 Å². The van der Waals surface area contributed by atoms with E-state index in [1.54, 1.807) is 0 Å². The van der Waals surface area contributed by atoms with Crippen molar-refractivity contribution < 1.29 is 14.7 Å². The zero-order valence-electron chi connectivity index (χ0n) is 10.2. The maximum Gasteiger partial charge on any atom is 0.224 e. The Labute approximate surface area is 111 Å². The summed E-state index contributed by atoms with van der Waals surface area (Å²) in [5, 5.41) is 13.3. The second kappa shape index (κ2) is 7.76. The topological polar surface area (TPSA) is 69.2 Å². The van der Waals surface area contributed by atoms with Crippen molar-refractivity contribution >= 4 is 23.6 Å². The monoisotopic (exact) mass is 266 g/mol. The van der Waals surface area contributed by atoms with Crippen LogP contribution < -0.4 is 10.4 Å². The van der Waals surface area contributed by atoms with Crippen LogP contribution in [0.1, 0.15) is 12.0 Å². The predicted molar refractivity (Wildman–Crippen MR) is 70.1 cm³/mol. The van der Waals surface area contributed by atoms with Gasteiger partial charge in [0.05, 0.1) is 18.4 Å². The lowest BCUT2D eigenvalue weighted by Crippen LogP contribution is -2.48. The highest BCUT2D eigenvalue weighted by molar-refractivity contribution is 7.98. The smallest absolute Gasteiger partial charge is 0.224 e. The van der Waals surface area contributed by atoms with Crippen molar-refractivity contribution in [3.8, 4) is 0 Å². The second-order valence-electron chi connectivity index (χ2n) is 3.88. The van der Waals surface area contributed by atoms with Crippen LogP contribution in [0.4, 0.5) is 0 Å². The van der Waals surface area contributed by atoms with Crippen LogP contribution in [0.25, 0.3) is 0 Å². The van der Waals surface area contributed by atoms with Crippen molar-refractivity contribution in [1.82, 2.24) is 5.32 Å². The first-order chi connectivity index (χ1) is 8.63. The zero-order chi connectivity index (χ0) is 13.4. The molecule has 0 bridgehead atoms. The molecule has 0 heterocycles. The van der Waals surface area contributed by atoms with E-state index in [9.17, 15) is 14.7 Å². The third kappa shape index (κ3) is 5.23. The normalized spacial score (nSPS) is 11.8. The molecule has 4 nitrogen and oxygen atoms in total. The van der Waals surface area contributed by atoms with Crippen LogP contribution in [0, 0.1) is 0 Å². The molecule has 0 saturated heterocycles. The predicted octanol–water partition coefficient (Wildman–Crippen LogP) is 0.217. The Hall–Kier alpha value is -1.49. The fraction of sp³-hybridized carbons (Fsp3) is 0.385. The Balaban J connectivity index is 2.48. The number of carboxylic acids is 1. The number of aliphatic carboxylic acids is 1. The van der Waals surface area contributed by atoms with Crippen LogP contribution in [0.2, 0.25) is 0 Å². The van der Waals surface area contributed by atoms with Gasteiger partial charge >= 0.3 is 0 Å². The van der Waals surface area contributed by atoms with Gasteiger partial charge in [0.25, 0.3) is 0 Å². The number of thioether (sulfide) groups is 1. The third-order valence-electron chi connectivity index (χ3n) is 2.44. The molecule has 0 aliphatic rings. The molecule has 1 rings (SSSR count). The number of amides is 1. The van der Waals surface area contributed by atoms with Gasteiger partial charge in [-0.25, -0.2) is 0 Å². The van der Waals surface area contributed by atoms with Crippen molar-refractivity contribution in [2.75, 3.05) is 12.0 Å². The van der Waals surface area contributed by atoms with Crippen LogP contribution in [0.5, 0.6) is 0 Å². The number of nitrogens with one attached hydrogen (secondary N) is 1. The lowest BCUT2D eigenvalue weighted by atomic mass is 10.1. The molecule has 1 unspecified atom stereocenters. The summed E-state index contributed by atoms with van der Waals surface area (Å²) in [4.78, 5) is 22.5. The maximum absolute atomic E-state index is 11.7. The molecule has 1 amide bonds. The van der Waals surface area contributed by atoms with Crippen LogP contribution in [-0.2, 0) is 16.0 Å². The van der Waals surface area contributed by atoms with E-state index in [-0.39, 0.29) is 12.3 Å². The van der Waals surface area contributed by atoms with Gasteiger partial charge < -0.3 is 15.2 Å². The number of carbonyl (C=O) groups excluding carboxylic acids is 2. The van der Waals surface area contributed by atoms with E-state index in [1.165, 1.54) is 11.8 Å². The van der Waals surface area contributed by atoms with Crippen molar-refractivity contribution in [3.05, 3.63) is 35.9 Å². The van der Waals surface area contributed by atoms with E-state index in [0.717, 1.165) is 5.56 Å². The van der Waals surface area contributed by atoms with Gasteiger partial charge in [0.15, 0.2) is 0 Å². The lowest BCUT2D eigenvalue weighted by Gasteiger charge is -2.19. The first-order valence-corrected chi connectivity index (χ1v) is 7.06. The Kier molecular flexibility index (Phi) is 6.28. The van der Waals surface area contributed by atoms with Crippen molar-refractivity contribution in [2.45, 2.75) is 18.9 Å². The van der Waals surface area contributed by atoms with Gasteiger partial charge in [0.2, 0.25) is 5.91 Å². The molecule has 0 aromatic heterocycles. The lowest BCUT2D eigenvalue weighted by molar-refractivity contribution is -0.308. The SMILES string of the molecule is CSCCC(NC(=O)Cc1ccccc1)C(=O)[O-]. The molecule has 0 fully saturated rings. The molecule has 0 spiro atoms. The van der Waals surface area contributed by atoms with Gasteiger partial charge in [0.1, 0.15) is 0 Å². The minimum absolute atomic E-state index is 0.184. The molecule has 5 heteroatoms. The zero-order valence-corrected chi connectivity index (χ0v) is 11.0. The minimum Gasteiger partial charge on any atom is -0.548 e. The summed E-state index contributed by atoms with van der Waals surface area (Å²) >= 11 is 1.54. The van der Waals surface area contributed by atoms with Crippen molar-refractivity contribution in [1.29, 1.82) is 0 Å². The van der Waals surface area contributed by atoms with E-state index < -0.39 is 12.0 Å². The second-order valence-corrected chi connectivity index (χ2v) is 4.87. The van der Waals surface area contributed by atoms with Crippen molar-refractivity contribution in [2.24, 2.45) is 0 Å². The number of rotatable bonds is 7. The number of hydrogen-bond acceptors (Lipinski definition) is 4. The number of carboxylic acid groups (broad SMARTS) is 1. The Bertz CT molecular complexity index is 394. The minimum atomic E-state index is -1.23. The Morgan fingerprint density at radius 1 is 1.33 bits per heavy atom. The van der Waals surface area contributed by atoms with Gasteiger partial charge in [-0.05, 0) is 24.0 Å². The third-order valence-corrected chi connectivity index (χ3v) is 3.08. The molecule has 0 saturated carbocycles. The summed E-state index contributed by atoms with van der Waals surface area (Å²) in [6.45, 7) is 0. The molecule has 1 atom stereocenters. The molecular formula is C13H16NO3S-. The summed E-state index contributed by atoms with van der Waals surface area (Å²) in [6, 6.07) is 8.29. The van der Waals surface area contributed by atoms with E-state index >= 15 is 0 Å². The van der Waals surface area contributed by atoms with Crippen LogP contribution in [-0.4, -0.2) is 29.9 Å². The standard InChI is InChI=1S/C13H17NO3S/c1-18-8-7-11(13(16)17)14-12(15)9-10-5-3-2-4-6-10/h2-6,11H,7-9H2,1H3,(H,14,15)(H,16,17)/p-1. The quantitative estimate of drug-likeness (QED) is 0.766. The molecule has 18 heavy (non-hydrogen) atoms. The fourth-order valence-corrected chi connectivity index (χ4v) is 1.98. The van der Waals surface area contributed by atoms with Crippen LogP contribution >= 0.6 is 11.8 Å². The number of carbonyl (C=O) groups is 2. The van der Waals surface area contributed by atoms with E-state index in [4.69, 9.17) is 0 Å². The molecular weight excluding hydrogens is 250 g/mol. The van der Waals surface area contributed by atoms with Crippen LogP contribution in [0.3, 0.4) is 0 Å². The van der Waals surface area contributed by atoms with E-state index in [0.29, 0.717) is 12.2 Å². The molecule has 0 aliphatic carbocycles. The summed E-state index contributed by atoms with van der Waals surface area (Å²) in [5.41, 5.74) is 0.858. The Morgan fingerprint density at radius 2 is 2.00 bits per heavy atom. The van der Waals surface area contributed by atoms with E-state index in [2.05, 4.69) is 5.32 Å². The maximum atomic E-state index is 11.7. The number of hydrogen-bond donors (Lipinski definition) is 1. The molecule has 0 radical (unpaired) electrons. The molecule has 0 aliphatic heterocycles. The van der Waals surface area contributed by atoms with Crippen LogP contribution in [0.15, 0.2) is 30.3 Å². The van der Waals surface area contributed by atoms with Crippen molar-refractivity contribution in [3.63, 3.8) is 0 Å². The summed E-state index contributed by atoms with van der Waals surface area (Å²) < 4.78 is 0. The molecule has 1 aromatic carbocycles. The largest absolute Gasteiger partial charge is 0.548 e. The summed E-state index contributed by atoms with van der Waals surface area (Å²) in [7, 11) is 0. The fourth-order valence-electron chi connectivity index (χ4n) is 1.51. The average molecular weight is 266 g/mol. The highest BCUT2D eigenvalue weighted by atomic mass is 32.2.